The van der Waals surface area contributed by atoms with Gasteiger partial charge in [-0.25, -0.2) is 22.3 Å². The van der Waals surface area contributed by atoms with E-state index >= 15 is 0 Å². The SMILES string of the molecule is CC(C)Cc1c(C#N)c(Cl)c2cnc(N[C@@H]3CN(S(C)(=O)=O)C[C@H]3F)nn12. The average molecular weight is 415 g/mol. The molecule has 11 heteroatoms. The number of anilines is 1. The number of fused-ring (bicyclic) bond motifs is 1. The number of nitriles is 1. The maximum atomic E-state index is 14.2. The molecule has 146 valence electrons. The molecule has 0 unspecified atom stereocenters. The summed E-state index contributed by atoms with van der Waals surface area (Å²) in [5.41, 5.74) is 1.51. The highest BCUT2D eigenvalue weighted by molar-refractivity contribution is 7.88. The van der Waals surface area contributed by atoms with Crippen molar-refractivity contribution >= 4 is 33.1 Å². The van der Waals surface area contributed by atoms with Gasteiger partial charge in [0, 0.05) is 13.1 Å². The van der Waals surface area contributed by atoms with E-state index in [-0.39, 0.29) is 30.0 Å². The Bertz CT molecular complexity index is 1020. The smallest absolute Gasteiger partial charge is 0.241 e. The molecular weight excluding hydrogens is 395 g/mol. The predicted molar refractivity (Wildman–Crippen MR) is 100.0 cm³/mol. The van der Waals surface area contributed by atoms with Gasteiger partial charge in [0.1, 0.15) is 17.8 Å². The Morgan fingerprint density at radius 2 is 2.19 bits per heavy atom. The number of nitrogens with zero attached hydrogens (tertiary/aromatic N) is 5. The summed E-state index contributed by atoms with van der Waals surface area (Å²) in [4.78, 5) is 4.15. The number of hydrogen-bond acceptors (Lipinski definition) is 6. The van der Waals surface area contributed by atoms with Crippen molar-refractivity contribution in [2.24, 2.45) is 5.92 Å². The second-order valence-corrected chi connectivity index (χ2v) is 9.43. The van der Waals surface area contributed by atoms with Gasteiger partial charge in [0.15, 0.2) is 0 Å². The van der Waals surface area contributed by atoms with Crippen molar-refractivity contribution < 1.29 is 12.8 Å². The van der Waals surface area contributed by atoms with E-state index in [1.165, 1.54) is 6.20 Å². The van der Waals surface area contributed by atoms with Crippen LogP contribution in [0.4, 0.5) is 10.3 Å². The van der Waals surface area contributed by atoms with Gasteiger partial charge in [0.05, 0.1) is 34.8 Å². The third kappa shape index (κ3) is 3.85. The zero-order valence-electron chi connectivity index (χ0n) is 15.1. The first-order chi connectivity index (χ1) is 12.6. The van der Waals surface area contributed by atoms with E-state index < -0.39 is 22.2 Å². The van der Waals surface area contributed by atoms with Gasteiger partial charge in [-0.15, -0.1) is 5.10 Å². The standard InChI is InChI=1S/C16H20ClFN6O2S/c1-9(2)4-13-10(5-19)15(17)14-6-20-16(22-24(13)14)21-12-8-23(7-11(12)18)27(3,25)26/h6,9,11-12H,4,7-8H2,1-3H3,(H,21,22)/t11-,12-/m1/s1. The highest BCUT2D eigenvalue weighted by atomic mass is 35.5. The summed E-state index contributed by atoms with van der Waals surface area (Å²) in [6.45, 7) is 3.82. The summed E-state index contributed by atoms with van der Waals surface area (Å²) in [6.07, 6.45) is 1.73. The number of rotatable bonds is 5. The fourth-order valence-electron chi connectivity index (χ4n) is 3.13. The Morgan fingerprint density at radius 3 is 2.74 bits per heavy atom. The van der Waals surface area contributed by atoms with Crippen molar-refractivity contribution in [2.45, 2.75) is 32.5 Å². The van der Waals surface area contributed by atoms with E-state index in [0.717, 1.165) is 10.6 Å². The van der Waals surface area contributed by atoms with Crippen molar-refractivity contribution in [1.82, 2.24) is 18.9 Å². The molecule has 1 saturated heterocycles. The minimum atomic E-state index is -3.47. The zero-order valence-corrected chi connectivity index (χ0v) is 16.7. The lowest BCUT2D eigenvalue weighted by molar-refractivity contribution is 0.330. The molecule has 0 bridgehead atoms. The second kappa shape index (κ2) is 7.22. The van der Waals surface area contributed by atoms with Gasteiger partial charge in [-0.05, 0) is 12.3 Å². The number of aromatic nitrogens is 3. The van der Waals surface area contributed by atoms with E-state index in [4.69, 9.17) is 11.6 Å². The number of alkyl halides is 1. The van der Waals surface area contributed by atoms with Crippen LogP contribution in [-0.4, -0.2) is 58.9 Å². The molecule has 1 aliphatic heterocycles. The van der Waals surface area contributed by atoms with Crippen molar-refractivity contribution in [2.75, 3.05) is 24.7 Å². The van der Waals surface area contributed by atoms with Gasteiger partial charge in [0.2, 0.25) is 16.0 Å². The van der Waals surface area contributed by atoms with E-state index in [9.17, 15) is 18.1 Å². The molecule has 27 heavy (non-hydrogen) atoms. The third-order valence-corrected chi connectivity index (χ3v) is 6.05. The minimum Gasteiger partial charge on any atom is -0.346 e. The summed E-state index contributed by atoms with van der Waals surface area (Å²) in [5.74, 6) is 0.415. The van der Waals surface area contributed by atoms with Crippen LogP contribution in [0.5, 0.6) is 0 Å². The molecule has 3 rings (SSSR count). The molecule has 0 aromatic carbocycles. The molecule has 2 aromatic heterocycles. The van der Waals surface area contributed by atoms with Crippen LogP contribution in [-0.2, 0) is 16.4 Å². The molecule has 0 saturated carbocycles. The van der Waals surface area contributed by atoms with Gasteiger partial charge in [-0.3, -0.25) is 0 Å². The van der Waals surface area contributed by atoms with Crippen LogP contribution >= 0.6 is 11.6 Å². The Labute approximate surface area is 162 Å². The number of halogens is 2. The number of hydrogen-bond donors (Lipinski definition) is 1. The maximum absolute atomic E-state index is 14.2. The minimum absolute atomic E-state index is 0.00384. The van der Waals surface area contributed by atoms with E-state index in [0.29, 0.717) is 23.2 Å². The lowest BCUT2D eigenvalue weighted by Gasteiger charge is -2.15. The molecule has 0 aliphatic carbocycles. The molecular formula is C16H20ClFN6O2S. The highest BCUT2D eigenvalue weighted by Crippen LogP contribution is 2.29. The van der Waals surface area contributed by atoms with Crippen LogP contribution in [0.1, 0.15) is 25.1 Å². The van der Waals surface area contributed by atoms with Gasteiger partial charge in [-0.1, -0.05) is 25.4 Å². The molecule has 0 radical (unpaired) electrons. The maximum Gasteiger partial charge on any atom is 0.241 e. The second-order valence-electron chi connectivity index (χ2n) is 7.07. The van der Waals surface area contributed by atoms with Crippen LogP contribution in [0, 0.1) is 17.2 Å². The Hall–Kier alpha value is -1.96. The Kier molecular flexibility index (Phi) is 5.29. The molecule has 8 nitrogen and oxygen atoms in total. The Balaban J connectivity index is 1.94. The van der Waals surface area contributed by atoms with Crippen LogP contribution in [0.3, 0.4) is 0 Å². The fourth-order valence-corrected chi connectivity index (χ4v) is 4.25. The quantitative estimate of drug-likeness (QED) is 0.800. The first kappa shape index (κ1) is 19.8. The van der Waals surface area contributed by atoms with Gasteiger partial charge < -0.3 is 5.32 Å². The van der Waals surface area contributed by atoms with E-state index in [1.807, 2.05) is 13.8 Å². The summed E-state index contributed by atoms with van der Waals surface area (Å²) < 4.78 is 40.1. The predicted octanol–water partition coefficient (Wildman–Crippen LogP) is 1.85. The highest BCUT2D eigenvalue weighted by Gasteiger charge is 2.37. The lowest BCUT2D eigenvalue weighted by atomic mass is 10.1. The largest absolute Gasteiger partial charge is 0.346 e. The van der Waals surface area contributed by atoms with Crippen molar-refractivity contribution in [3.8, 4) is 6.07 Å². The Morgan fingerprint density at radius 1 is 1.48 bits per heavy atom. The average Bonchev–Trinajstić information content (AvgIpc) is 3.06. The molecule has 1 fully saturated rings. The van der Waals surface area contributed by atoms with Crippen molar-refractivity contribution in [3.05, 3.63) is 22.5 Å². The van der Waals surface area contributed by atoms with Gasteiger partial charge >= 0.3 is 0 Å². The molecule has 0 spiro atoms. The van der Waals surface area contributed by atoms with E-state index in [1.54, 1.807) is 4.52 Å². The molecule has 1 aliphatic rings. The number of nitrogens with one attached hydrogen (secondary N) is 1. The molecule has 3 heterocycles. The molecule has 2 atom stereocenters. The third-order valence-electron chi connectivity index (χ3n) is 4.43. The molecule has 2 aromatic rings. The van der Waals surface area contributed by atoms with Crippen LogP contribution in [0.25, 0.3) is 5.52 Å². The van der Waals surface area contributed by atoms with Crippen LogP contribution < -0.4 is 5.32 Å². The topological polar surface area (TPSA) is 103 Å². The monoisotopic (exact) mass is 414 g/mol. The van der Waals surface area contributed by atoms with Crippen LogP contribution in [0.2, 0.25) is 5.02 Å². The van der Waals surface area contributed by atoms with E-state index in [2.05, 4.69) is 21.5 Å². The molecule has 1 N–H and O–H groups in total. The fraction of sp³-hybridized carbons (Fsp3) is 0.562. The number of sulfonamides is 1. The first-order valence-corrected chi connectivity index (χ1v) is 10.7. The van der Waals surface area contributed by atoms with Crippen molar-refractivity contribution in [3.63, 3.8) is 0 Å². The normalized spacial score (nSPS) is 21.1. The summed E-state index contributed by atoms with van der Waals surface area (Å²) in [5, 5.41) is 16.9. The van der Waals surface area contributed by atoms with Crippen LogP contribution in [0.15, 0.2) is 6.20 Å². The van der Waals surface area contributed by atoms with Gasteiger partial charge in [0.25, 0.3) is 0 Å². The van der Waals surface area contributed by atoms with Gasteiger partial charge in [-0.2, -0.15) is 9.57 Å². The molecule has 0 amide bonds. The summed E-state index contributed by atoms with van der Waals surface area (Å²) in [6, 6.07) is 1.35. The lowest BCUT2D eigenvalue weighted by Crippen LogP contribution is -2.32. The summed E-state index contributed by atoms with van der Waals surface area (Å²) in [7, 11) is -3.47. The summed E-state index contributed by atoms with van der Waals surface area (Å²) >= 11 is 6.28. The first-order valence-electron chi connectivity index (χ1n) is 8.43. The van der Waals surface area contributed by atoms with Crippen molar-refractivity contribution in [1.29, 1.82) is 5.26 Å². The zero-order chi connectivity index (χ0) is 19.9.